The van der Waals surface area contributed by atoms with Crippen molar-refractivity contribution >= 4 is 19.8 Å². The molecule has 0 N–H and O–H groups in total. The number of quaternary nitrogens is 1. The zero-order valence-electron chi connectivity index (χ0n) is 38.2. The molecule has 2 atom stereocenters. The summed E-state index contributed by atoms with van der Waals surface area (Å²) in [5, 5.41) is 0. The van der Waals surface area contributed by atoms with E-state index in [2.05, 4.69) is 50.3 Å². The molecule has 0 bridgehead atoms. The third-order valence-corrected chi connectivity index (χ3v) is 11.1. The van der Waals surface area contributed by atoms with Crippen LogP contribution in [0.2, 0.25) is 0 Å². The smallest absolute Gasteiger partial charge is 0.306 e. The van der Waals surface area contributed by atoms with Gasteiger partial charge in [-0.1, -0.05) is 166 Å². The van der Waals surface area contributed by atoms with Crippen molar-refractivity contribution in [3.8, 4) is 0 Å². The minimum absolute atomic E-state index is 0.0324. The molecule has 0 fully saturated rings. The van der Waals surface area contributed by atoms with Crippen LogP contribution in [0.3, 0.4) is 0 Å². The van der Waals surface area contributed by atoms with E-state index in [1.807, 2.05) is 21.1 Å². The van der Waals surface area contributed by atoms with E-state index in [0.29, 0.717) is 17.4 Å². The van der Waals surface area contributed by atoms with Gasteiger partial charge in [0, 0.05) is 12.8 Å². The van der Waals surface area contributed by atoms with Crippen LogP contribution in [0.25, 0.3) is 0 Å². The normalized spacial score (nSPS) is 13.8. The maximum atomic E-state index is 12.7. The first-order valence-electron chi connectivity index (χ1n) is 23.7. The fourth-order valence-electron chi connectivity index (χ4n) is 6.37. The standard InChI is InChI=1S/C48H90NO8P/c1-6-8-10-12-14-16-18-19-20-21-22-23-24-25-26-27-28-29-31-33-35-37-39-41-48(51)57-46(45-56-58(52,53)55-43-42-49(3,4)5)44-54-47(50)40-38-36-34-32-30-17-15-13-11-9-7-2/h13,15,18-19,21-22,46H,6-12,14,16-17,20,23-45H2,1-5H3/b15-13-,19-18-,22-21-. The number of ether oxygens (including phenoxy) is 2. The third-order valence-electron chi connectivity index (χ3n) is 10.1. The zero-order chi connectivity index (χ0) is 42.8. The molecule has 2 unspecified atom stereocenters. The Balaban J connectivity index is 4.22. The van der Waals surface area contributed by atoms with Gasteiger partial charge >= 0.3 is 11.9 Å². The van der Waals surface area contributed by atoms with E-state index in [4.69, 9.17) is 18.5 Å². The molecule has 0 saturated carbocycles. The average Bonchev–Trinajstić information content (AvgIpc) is 3.17. The van der Waals surface area contributed by atoms with Crippen LogP contribution in [-0.2, 0) is 32.7 Å². The highest BCUT2D eigenvalue weighted by Crippen LogP contribution is 2.38. The second-order valence-electron chi connectivity index (χ2n) is 17.1. The maximum Gasteiger partial charge on any atom is 0.306 e. The second kappa shape index (κ2) is 40.6. The Hall–Kier alpha value is -1.77. The second-order valence-corrected chi connectivity index (χ2v) is 18.5. The number of esters is 2. The topological polar surface area (TPSA) is 111 Å². The highest BCUT2D eigenvalue weighted by Gasteiger charge is 2.21. The molecule has 0 aromatic rings. The Labute approximate surface area is 357 Å². The fraction of sp³-hybridized carbons (Fsp3) is 0.833. The van der Waals surface area contributed by atoms with Gasteiger partial charge in [-0.25, -0.2) is 0 Å². The van der Waals surface area contributed by atoms with Crippen LogP contribution in [0.4, 0.5) is 0 Å². The predicted octanol–water partition coefficient (Wildman–Crippen LogP) is 13.1. The number of hydrogen-bond acceptors (Lipinski definition) is 8. The van der Waals surface area contributed by atoms with E-state index in [1.54, 1.807) is 0 Å². The summed E-state index contributed by atoms with van der Waals surface area (Å²) in [5.74, 6) is -0.845. The molecule has 0 radical (unpaired) electrons. The number of rotatable bonds is 43. The van der Waals surface area contributed by atoms with Crippen LogP contribution in [0.15, 0.2) is 36.5 Å². The van der Waals surface area contributed by atoms with Gasteiger partial charge in [-0.05, 0) is 64.2 Å². The first-order chi connectivity index (χ1) is 28.0. The van der Waals surface area contributed by atoms with Crippen molar-refractivity contribution in [1.29, 1.82) is 0 Å². The minimum atomic E-state index is -4.63. The van der Waals surface area contributed by atoms with E-state index >= 15 is 0 Å². The number of hydrogen-bond donors (Lipinski definition) is 0. The maximum absolute atomic E-state index is 12.7. The molecular weight excluding hydrogens is 750 g/mol. The highest BCUT2D eigenvalue weighted by molar-refractivity contribution is 7.45. The van der Waals surface area contributed by atoms with Crippen molar-refractivity contribution < 1.29 is 42.1 Å². The van der Waals surface area contributed by atoms with Crippen molar-refractivity contribution in [2.24, 2.45) is 0 Å². The number of carbonyl (C=O) groups excluding carboxylic acids is 2. The van der Waals surface area contributed by atoms with Crippen molar-refractivity contribution in [2.75, 3.05) is 47.5 Å². The van der Waals surface area contributed by atoms with Crippen LogP contribution in [-0.4, -0.2) is 70.0 Å². The predicted molar refractivity (Wildman–Crippen MR) is 241 cm³/mol. The summed E-state index contributed by atoms with van der Waals surface area (Å²) < 4.78 is 33.9. The zero-order valence-corrected chi connectivity index (χ0v) is 39.1. The molecule has 58 heavy (non-hydrogen) atoms. The molecule has 10 heteroatoms. The van der Waals surface area contributed by atoms with Gasteiger partial charge in [0.15, 0.2) is 6.10 Å². The largest absolute Gasteiger partial charge is 0.756 e. The van der Waals surface area contributed by atoms with Crippen LogP contribution in [0.5, 0.6) is 0 Å². The Bertz CT molecular complexity index is 1090. The van der Waals surface area contributed by atoms with Gasteiger partial charge < -0.3 is 27.9 Å². The first kappa shape index (κ1) is 56.2. The molecule has 0 aliphatic carbocycles. The van der Waals surface area contributed by atoms with Crippen molar-refractivity contribution in [3.63, 3.8) is 0 Å². The summed E-state index contributed by atoms with van der Waals surface area (Å²) >= 11 is 0. The average molecular weight is 840 g/mol. The minimum Gasteiger partial charge on any atom is -0.756 e. The molecule has 9 nitrogen and oxygen atoms in total. The number of unbranched alkanes of at least 4 members (excludes halogenated alkanes) is 23. The number of likely N-dealkylation sites (N-methyl/N-ethyl adjacent to an activating group) is 1. The number of phosphoric ester groups is 1. The molecule has 0 spiro atoms. The van der Waals surface area contributed by atoms with E-state index in [0.717, 1.165) is 70.6 Å². The summed E-state index contributed by atoms with van der Waals surface area (Å²) in [4.78, 5) is 37.5. The molecule has 340 valence electrons. The lowest BCUT2D eigenvalue weighted by Gasteiger charge is -2.28. The lowest BCUT2D eigenvalue weighted by molar-refractivity contribution is -0.870. The summed E-state index contributed by atoms with van der Waals surface area (Å²) in [6, 6.07) is 0. The number of allylic oxidation sites excluding steroid dienone is 6. The summed E-state index contributed by atoms with van der Waals surface area (Å²) in [7, 11) is 1.16. The number of nitrogens with zero attached hydrogens (tertiary/aromatic N) is 1. The van der Waals surface area contributed by atoms with Gasteiger partial charge in [0.25, 0.3) is 7.82 Å². The number of carbonyl (C=O) groups is 2. The van der Waals surface area contributed by atoms with Crippen LogP contribution in [0.1, 0.15) is 206 Å². The van der Waals surface area contributed by atoms with Gasteiger partial charge in [0.05, 0.1) is 27.7 Å². The quantitative estimate of drug-likeness (QED) is 0.0196. The molecule has 0 heterocycles. The summed E-state index contributed by atoms with van der Waals surface area (Å²) in [6.07, 6.45) is 46.0. The molecular formula is C48H90NO8P. The van der Waals surface area contributed by atoms with Crippen LogP contribution < -0.4 is 4.89 Å². The van der Waals surface area contributed by atoms with Gasteiger partial charge in [0.2, 0.25) is 0 Å². The van der Waals surface area contributed by atoms with Crippen molar-refractivity contribution in [3.05, 3.63) is 36.5 Å². The molecule has 0 amide bonds. The first-order valence-corrected chi connectivity index (χ1v) is 25.2. The Morgan fingerprint density at radius 2 is 0.948 bits per heavy atom. The monoisotopic (exact) mass is 840 g/mol. The molecule has 0 aromatic heterocycles. The Morgan fingerprint density at radius 1 is 0.534 bits per heavy atom. The lowest BCUT2D eigenvalue weighted by Crippen LogP contribution is -2.37. The van der Waals surface area contributed by atoms with E-state index < -0.39 is 32.5 Å². The van der Waals surface area contributed by atoms with E-state index in [-0.39, 0.29) is 26.1 Å². The molecule has 0 rings (SSSR count). The summed E-state index contributed by atoms with van der Waals surface area (Å²) in [5.41, 5.74) is 0. The van der Waals surface area contributed by atoms with E-state index in [9.17, 15) is 19.0 Å². The lowest BCUT2D eigenvalue weighted by atomic mass is 10.0. The van der Waals surface area contributed by atoms with Gasteiger partial charge in [0.1, 0.15) is 19.8 Å². The molecule has 0 saturated heterocycles. The van der Waals surface area contributed by atoms with Gasteiger partial charge in [-0.3, -0.25) is 14.2 Å². The summed E-state index contributed by atoms with van der Waals surface area (Å²) in [6.45, 7) is 4.17. The SMILES string of the molecule is CCCC/C=C\CCCCCCCC(=O)OCC(COP(=O)([O-])OCC[N+](C)(C)C)OC(=O)CCCCCCCCCCCCC/C=C\C/C=C\CCCCCCC. The van der Waals surface area contributed by atoms with Gasteiger partial charge in [-0.2, -0.15) is 0 Å². The highest BCUT2D eigenvalue weighted by atomic mass is 31.2. The fourth-order valence-corrected chi connectivity index (χ4v) is 7.10. The molecule has 0 aromatic carbocycles. The van der Waals surface area contributed by atoms with Crippen LogP contribution in [0, 0.1) is 0 Å². The third kappa shape index (κ3) is 43.8. The number of phosphoric acid groups is 1. The van der Waals surface area contributed by atoms with Crippen LogP contribution >= 0.6 is 7.82 Å². The van der Waals surface area contributed by atoms with Crippen molar-refractivity contribution in [2.45, 2.75) is 213 Å². The Morgan fingerprint density at radius 3 is 1.43 bits per heavy atom. The van der Waals surface area contributed by atoms with Crippen molar-refractivity contribution in [1.82, 2.24) is 0 Å². The molecule has 0 aliphatic heterocycles. The Kier molecular flexibility index (Phi) is 39.4. The van der Waals surface area contributed by atoms with E-state index in [1.165, 1.54) is 103 Å². The van der Waals surface area contributed by atoms with Gasteiger partial charge in [-0.15, -0.1) is 0 Å². The molecule has 0 aliphatic rings.